The molecule has 0 aromatic carbocycles. The summed E-state index contributed by atoms with van der Waals surface area (Å²) >= 11 is 0. The molecule has 29 heavy (non-hydrogen) atoms. The highest BCUT2D eigenvalue weighted by atomic mass is 16.6. The highest BCUT2D eigenvalue weighted by molar-refractivity contribution is 5.88. The summed E-state index contributed by atoms with van der Waals surface area (Å²) in [6, 6.07) is 6.46. The van der Waals surface area contributed by atoms with E-state index in [9.17, 15) is 14.7 Å². The van der Waals surface area contributed by atoms with Crippen LogP contribution in [-0.4, -0.2) is 63.5 Å². The Kier molecular flexibility index (Phi) is 5.75. The average molecular weight is 399 g/mol. The first-order chi connectivity index (χ1) is 13.7. The molecule has 1 aliphatic heterocycles. The Morgan fingerprint density at radius 1 is 1.41 bits per heavy atom. The summed E-state index contributed by atoms with van der Waals surface area (Å²) in [6.45, 7) is 6.23. The summed E-state index contributed by atoms with van der Waals surface area (Å²) in [6.07, 6.45) is 1.16. The van der Waals surface area contributed by atoms with Gasteiger partial charge >= 0.3 is 6.09 Å². The first-order valence-corrected chi connectivity index (χ1v) is 9.46. The molecule has 9 nitrogen and oxygen atoms in total. The molecule has 0 spiro atoms. The fraction of sp³-hybridized carbons (Fsp3) is 0.500. The molecule has 0 aliphatic carbocycles. The first kappa shape index (κ1) is 20.6. The van der Waals surface area contributed by atoms with E-state index < -0.39 is 17.7 Å². The van der Waals surface area contributed by atoms with Crippen LogP contribution in [0.15, 0.2) is 29.2 Å². The minimum Gasteiger partial charge on any atom is -0.444 e. The van der Waals surface area contributed by atoms with Crippen LogP contribution in [0.4, 0.5) is 10.5 Å². The average Bonchev–Trinajstić information content (AvgIpc) is 2.68. The standard InChI is InChI=1S/C20H25N5O4/c1-20(2,3)29-19(28)24-10-9-23(12-14(24)13-26)16-11-17(27)25(8-6-21)15-5-4-7-22-18(15)16/h4-5,7,11,14,26H,8-10,12-13H2,1-3H3. The molecular weight excluding hydrogens is 374 g/mol. The second-order valence-corrected chi connectivity index (χ2v) is 7.94. The third kappa shape index (κ3) is 4.32. The summed E-state index contributed by atoms with van der Waals surface area (Å²) < 4.78 is 6.82. The van der Waals surface area contributed by atoms with Crippen molar-refractivity contribution in [1.29, 1.82) is 5.26 Å². The van der Waals surface area contributed by atoms with E-state index in [0.717, 1.165) is 0 Å². The maximum atomic E-state index is 12.6. The third-order valence-electron chi connectivity index (χ3n) is 4.74. The maximum absolute atomic E-state index is 12.6. The monoisotopic (exact) mass is 399 g/mol. The number of fused-ring (bicyclic) bond motifs is 1. The van der Waals surface area contributed by atoms with E-state index in [-0.39, 0.29) is 18.7 Å². The smallest absolute Gasteiger partial charge is 0.410 e. The number of aromatic nitrogens is 2. The Balaban J connectivity index is 1.93. The zero-order chi connectivity index (χ0) is 21.2. The van der Waals surface area contributed by atoms with Crippen LogP contribution in [0.5, 0.6) is 0 Å². The minimum atomic E-state index is -0.625. The van der Waals surface area contributed by atoms with Gasteiger partial charge in [0.25, 0.3) is 5.56 Å². The number of nitrogens with zero attached hydrogens (tertiary/aromatic N) is 5. The van der Waals surface area contributed by atoms with Gasteiger partial charge in [-0.15, -0.1) is 0 Å². The summed E-state index contributed by atoms with van der Waals surface area (Å²) in [5.74, 6) is 0. The number of hydrogen-bond acceptors (Lipinski definition) is 7. The summed E-state index contributed by atoms with van der Waals surface area (Å²) in [7, 11) is 0. The molecule has 1 fully saturated rings. The number of carbonyl (C=O) groups excluding carboxylic acids is 1. The number of hydrogen-bond donors (Lipinski definition) is 1. The molecule has 1 N–H and O–H groups in total. The Labute approximate surface area is 168 Å². The van der Waals surface area contributed by atoms with Gasteiger partial charge in [-0.05, 0) is 32.9 Å². The highest BCUT2D eigenvalue weighted by Gasteiger charge is 2.34. The second-order valence-electron chi connectivity index (χ2n) is 7.94. The lowest BCUT2D eigenvalue weighted by Gasteiger charge is -2.42. The lowest BCUT2D eigenvalue weighted by Crippen LogP contribution is -2.57. The van der Waals surface area contributed by atoms with E-state index >= 15 is 0 Å². The third-order valence-corrected chi connectivity index (χ3v) is 4.74. The number of pyridine rings is 2. The lowest BCUT2D eigenvalue weighted by atomic mass is 10.1. The van der Waals surface area contributed by atoms with Gasteiger partial charge in [0.2, 0.25) is 0 Å². The van der Waals surface area contributed by atoms with Crippen LogP contribution < -0.4 is 10.5 Å². The Morgan fingerprint density at radius 3 is 2.83 bits per heavy atom. The Morgan fingerprint density at radius 2 is 2.17 bits per heavy atom. The summed E-state index contributed by atoms with van der Waals surface area (Å²) in [5, 5.41) is 18.9. The van der Waals surface area contributed by atoms with E-state index in [1.54, 1.807) is 39.1 Å². The predicted molar refractivity (Wildman–Crippen MR) is 108 cm³/mol. The molecule has 1 aliphatic rings. The zero-order valence-corrected chi connectivity index (χ0v) is 16.8. The number of anilines is 1. The molecule has 3 heterocycles. The molecule has 3 rings (SSSR count). The van der Waals surface area contributed by atoms with Gasteiger partial charge in [0, 0.05) is 31.9 Å². The van der Waals surface area contributed by atoms with Crippen LogP contribution in [0.25, 0.3) is 11.0 Å². The number of aliphatic hydroxyl groups excluding tert-OH is 1. The van der Waals surface area contributed by atoms with Gasteiger partial charge in [-0.25, -0.2) is 4.79 Å². The largest absolute Gasteiger partial charge is 0.444 e. The molecule has 0 bridgehead atoms. The molecule has 9 heteroatoms. The zero-order valence-electron chi connectivity index (χ0n) is 16.8. The number of piperazine rings is 1. The van der Waals surface area contributed by atoms with Gasteiger partial charge in [0.15, 0.2) is 0 Å². The van der Waals surface area contributed by atoms with Gasteiger partial charge in [-0.3, -0.25) is 19.2 Å². The fourth-order valence-corrected chi connectivity index (χ4v) is 3.46. The van der Waals surface area contributed by atoms with Crippen LogP contribution in [-0.2, 0) is 11.3 Å². The number of ether oxygens (including phenoxy) is 1. The van der Waals surface area contributed by atoms with E-state index in [2.05, 4.69) is 4.98 Å². The molecule has 0 radical (unpaired) electrons. The van der Waals surface area contributed by atoms with Gasteiger partial charge in [-0.2, -0.15) is 5.26 Å². The van der Waals surface area contributed by atoms with Crippen molar-refractivity contribution in [2.24, 2.45) is 0 Å². The van der Waals surface area contributed by atoms with Crippen LogP contribution >= 0.6 is 0 Å². The van der Waals surface area contributed by atoms with Gasteiger partial charge < -0.3 is 14.7 Å². The molecule has 1 atom stereocenters. The number of aliphatic hydroxyl groups is 1. The molecule has 1 saturated heterocycles. The highest BCUT2D eigenvalue weighted by Crippen LogP contribution is 2.26. The van der Waals surface area contributed by atoms with Gasteiger partial charge in [0.1, 0.15) is 17.7 Å². The number of nitriles is 1. The molecule has 1 unspecified atom stereocenters. The molecule has 2 aromatic heterocycles. The Bertz CT molecular complexity index is 1000. The van der Waals surface area contributed by atoms with Crippen LogP contribution in [0.1, 0.15) is 20.8 Å². The maximum Gasteiger partial charge on any atom is 0.410 e. The van der Waals surface area contributed by atoms with E-state index in [4.69, 9.17) is 10.00 Å². The van der Waals surface area contributed by atoms with Crippen molar-refractivity contribution in [3.63, 3.8) is 0 Å². The molecule has 2 aromatic rings. The van der Waals surface area contributed by atoms with Crippen molar-refractivity contribution in [2.45, 2.75) is 39.0 Å². The number of amides is 1. The normalized spacial score (nSPS) is 17.3. The van der Waals surface area contributed by atoms with Crippen LogP contribution in [0.2, 0.25) is 0 Å². The van der Waals surface area contributed by atoms with Crippen LogP contribution in [0, 0.1) is 11.3 Å². The Hall–Kier alpha value is -3.12. The molecule has 0 saturated carbocycles. The quantitative estimate of drug-likeness (QED) is 0.829. The van der Waals surface area contributed by atoms with Crippen LogP contribution in [0.3, 0.4) is 0 Å². The molecular formula is C20H25N5O4. The van der Waals surface area contributed by atoms with Crippen molar-refractivity contribution >= 4 is 22.8 Å². The minimum absolute atomic E-state index is 0.0625. The van der Waals surface area contributed by atoms with Crippen molar-refractivity contribution in [3.8, 4) is 6.07 Å². The molecule has 1 amide bonds. The SMILES string of the molecule is CC(C)(C)OC(=O)N1CCN(c2cc(=O)n(CC#N)c3cccnc23)CC1CO. The van der Waals surface area contributed by atoms with E-state index in [1.165, 1.54) is 15.5 Å². The van der Waals surface area contributed by atoms with Crippen molar-refractivity contribution in [1.82, 2.24) is 14.5 Å². The first-order valence-electron chi connectivity index (χ1n) is 9.46. The van der Waals surface area contributed by atoms with E-state index in [0.29, 0.717) is 36.4 Å². The predicted octanol–water partition coefficient (Wildman–Crippen LogP) is 1.34. The number of rotatable bonds is 3. The van der Waals surface area contributed by atoms with Gasteiger partial charge in [0.05, 0.1) is 29.9 Å². The lowest BCUT2D eigenvalue weighted by molar-refractivity contribution is 0.00706. The second kappa shape index (κ2) is 8.09. The van der Waals surface area contributed by atoms with Gasteiger partial charge in [-0.1, -0.05) is 0 Å². The summed E-state index contributed by atoms with van der Waals surface area (Å²) in [4.78, 5) is 33.0. The van der Waals surface area contributed by atoms with Crippen molar-refractivity contribution < 1.29 is 14.6 Å². The van der Waals surface area contributed by atoms with Crippen molar-refractivity contribution in [3.05, 3.63) is 34.7 Å². The summed E-state index contributed by atoms with van der Waals surface area (Å²) in [5.41, 5.74) is 0.884. The van der Waals surface area contributed by atoms with Crippen molar-refractivity contribution in [2.75, 3.05) is 31.1 Å². The number of carbonyl (C=O) groups is 1. The molecule has 154 valence electrons. The fourth-order valence-electron chi connectivity index (χ4n) is 3.46. The topological polar surface area (TPSA) is 112 Å². The van der Waals surface area contributed by atoms with E-state index in [1.807, 2.05) is 11.0 Å².